The summed E-state index contributed by atoms with van der Waals surface area (Å²) in [7, 11) is 3.55. The lowest BCUT2D eigenvalue weighted by atomic mass is 9.72. The van der Waals surface area contributed by atoms with Crippen LogP contribution in [0, 0.1) is 16.7 Å². The largest absolute Gasteiger partial charge is 0.418 e. The molecule has 0 amide bonds. The van der Waals surface area contributed by atoms with Gasteiger partial charge in [0.05, 0.1) is 24.1 Å². The third-order valence-corrected chi connectivity index (χ3v) is 7.03. The summed E-state index contributed by atoms with van der Waals surface area (Å²) in [6, 6.07) is 8.68. The minimum absolute atomic E-state index is 0.0598. The molecule has 0 aliphatic heterocycles. The molecule has 1 fully saturated rings. The summed E-state index contributed by atoms with van der Waals surface area (Å²) in [5.41, 5.74) is 1.31. The van der Waals surface area contributed by atoms with Crippen LogP contribution in [0.2, 0.25) is 0 Å². The fraction of sp³-hybridized carbons (Fsp3) is 0.500. The second-order valence-corrected chi connectivity index (χ2v) is 9.92. The molecule has 37 heavy (non-hydrogen) atoms. The molecule has 1 aromatic carbocycles. The van der Waals surface area contributed by atoms with Crippen molar-refractivity contribution in [1.82, 2.24) is 19.5 Å². The zero-order valence-electron chi connectivity index (χ0n) is 21.3. The molecule has 1 aliphatic rings. The van der Waals surface area contributed by atoms with E-state index in [1.165, 1.54) is 17.2 Å². The maximum absolute atomic E-state index is 13.9. The van der Waals surface area contributed by atoms with Crippen molar-refractivity contribution in [1.29, 1.82) is 10.8 Å². The van der Waals surface area contributed by atoms with Crippen LogP contribution >= 0.6 is 12.8 Å². The Morgan fingerprint density at radius 1 is 1.27 bits per heavy atom. The van der Waals surface area contributed by atoms with E-state index in [4.69, 9.17) is 10.8 Å². The molecule has 0 bridgehead atoms. The summed E-state index contributed by atoms with van der Waals surface area (Å²) in [6.45, 7) is 1.74. The van der Waals surface area contributed by atoms with Crippen LogP contribution in [0.5, 0.6) is 0 Å². The number of pyridine rings is 1. The van der Waals surface area contributed by atoms with Gasteiger partial charge in [-0.2, -0.15) is 13.2 Å². The van der Waals surface area contributed by atoms with Gasteiger partial charge in [0.1, 0.15) is 5.84 Å². The van der Waals surface area contributed by atoms with E-state index in [-0.39, 0.29) is 18.2 Å². The van der Waals surface area contributed by atoms with E-state index in [9.17, 15) is 13.2 Å². The van der Waals surface area contributed by atoms with Crippen molar-refractivity contribution in [3.05, 3.63) is 58.9 Å². The van der Waals surface area contributed by atoms with Gasteiger partial charge in [-0.05, 0) is 68.1 Å². The van der Waals surface area contributed by atoms with Gasteiger partial charge in [0.25, 0.3) is 0 Å². The van der Waals surface area contributed by atoms with Crippen LogP contribution in [0.25, 0.3) is 0 Å². The number of nitrogens with one attached hydrogen (secondary N) is 4. The number of amidine groups is 1. The molecule has 3 rings (SSSR count). The quantitative estimate of drug-likeness (QED) is 0.103. The van der Waals surface area contributed by atoms with Crippen LogP contribution in [0.1, 0.15) is 54.0 Å². The Bertz CT molecular complexity index is 1060. The van der Waals surface area contributed by atoms with E-state index in [1.54, 1.807) is 7.05 Å². The van der Waals surface area contributed by atoms with Gasteiger partial charge in [-0.25, -0.2) is 0 Å². The Morgan fingerprint density at radius 3 is 2.65 bits per heavy atom. The van der Waals surface area contributed by atoms with Crippen molar-refractivity contribution in [3.8, 4) is 0 Å². The van der Waals surface area contributed by atoms with Crippen molar-refractivity contribution >= 4 is 30.7 Å². The lowest BCUT2D eigenvalue weighted by molar-refractivity contribution is -0.138. The topological polar surface area (TPSA) is 91.1 Å². The first-order valence-corrected chi connectivity index (χ1v) is 12.8. The fourth-order valence-corrected chi connectivity index (χ4v) is 4.73. The summed E-state index contributed by atoms with van der Waals surface area (Å²) >= 11 is 3.95. The molecule has 0 spiro atoms. The van der Waals surface area contributed by atoms with E-state index in [0.29, 0.717) is 36.1 Å². The van der Waals surface area contributed by atoms with E-state index < -0.39 is 11.7 Å². The lowest BCUT2D eigenvalue weighted by Gasteiger charge is -2.36. The maximum atomic E-state index is 13.9. The summed E-state index contributed by atoms with van der Waals surface area (Å²) in [4.78, 5) is 7.64. The minimum Gasteiger partial charge on any atom is -0.379 e. The maximum Gasteiger partial charge on any atom is 0.418 e. The van der Waals surface area contributed by atoms with E-state index >= 15 is 0 Å². The molecule has 1 unspecified atom stereocenters. The standard InChI is InChI=1S/C26H36F3N7S/c1-35(11-5-10-34-37)16-18-12-22(26(27,28)29)23(33-14-18)15-32-21-9-4-8-20(13-21)24(19-6-3-7-19)25(31)36(2)17-30/h4,8-9,12-14,17,19,24,30-32,34,37H,3,5-7,10-11,15-16H2,1-2H3. The molecule has 0 radical (unpaired) electrons. The smallest absolute Gasteiger partial charge is 0.379 e. The van der Waals surface area contributed by atoms with E-state index in [1.807, 2.05) is 36.2 Å². The Morgan fingerprint density at radius 2 is 2.03 bits per heavy atom. The number of nitrogens with zero attached hydrogens (tertiary/aromatic N) is 3. The average molecular weight is 536 g/mol. The monoisotopic (exact) mass is 535 g/mol. The molecule has 1 aliphatic carbocycles. The van der Waals surface area contributed by atoms with Crippen molar-refractivity contribution in [2.24, 2.45) is 5.92 Å². The van der Waals surface area contributed by atoms with Crippen LogP contribution in [0.4, 0.5) is 18.9 Å². The highest BCUT2D eigenvalue weighted by Gasteiger charge is 2.35. The molecule has 1 aromatic heterocycles. The third kappa shape index (κ3) is 7.93. The molecule has 11 heteroatoms. The summed E-state index contributed by atoms with van der Waals surface area (Å²) in [6.07, 6.45) is 2.10. The Balaban J connectivity index is 1.75. The molecule has 1 heterocycles. The van der Waals surface area contributed by atoms with Crippen LogP contribution in [-0.4, -0.2) is 54.1 Å². The predicted molar refractivity (Wildman–Crippen MR) is 145 cm³/mol. The van der Waals surface area contributed by atoms with Gasteiger partial charge in [0.2, 0.25) is 0 Å². The van der Waals surface area contributed by atoms with Crippen molar-refractivity contribution in [2.75, 3.05) is 32.5 Å². The Hall–Kier alpha value is -2.63. The van der Waals surface area contributed by atoms with Crippen molar-refractivity contribution < 1.29 is 13.2 Å². The average Bonchev–Trinajstić information content (AvgIpc) is 2.84. The highest BCUT2D eigenvalue weighted by atomic mass is 32.1. The normalized spacial score (nSPS) is 14.8. The predicted octanol–water partition coefficient (Wildman–Crippen LogP) is 5.37. The number of alkyl halides is 3. The first-order chi connectivity index (χ1) is 17.6. The lowest BCUT2D eigenvalue weighted by Crippen LogP contribution is -2.36. The molecule has 2 aromatic rings. The molecule has 7 nitrogen and oxygen atoms in total. The Labute approximate surface area is 222 Å². The van der Waals surface area contributed by atoms with Gasteiger partial charge < -0.3 is 15.1 Å². The number of benzene rings is 1. The first-order valence-electron chi connectivity index (χ1n) is 12.4. The SMILES string of the molecule is CN(CCCNS)Cc1cnc(CNc2cccc(C(C(=N)N(C)C=N)C3CCC3)c2)c(C(F)(F)F)c1. The van der Waals surface area contributed by atoms with Crippen LogP contribution < -0.4 is 10.0 Å². The van der Waals surface area contributed by atoms with E-state index in [2.05, 4.69) is 27.8 Å². The number of anilines is 1. The summed E-state index contributed by atoms with van der Waals surface area (Å²) < 4.78 is 44.5. The number of hydrogen-bond donors (Lipinski definition) is 5. The number of halogens is 3. The van der Waals surface area contributed by atoms with Crippen LogP contribution in [0.3, 0.4) is 0 Å². The molecule has 4 N–H and O–H groups in total. The molecular weight excluding hydrogens is 499 g/mol. The first kappa shape index (κ1) is 28.9. The fourth-order valence-electron chi connectivity index (χ4n) is 4.57. The number of aromatic nitrogens is 1. The van der Waals surface area contributed by atoms with Crippen LogP contribution in [0.15, 0.2) is 36.5 Å². The number of rotatable bonds is 13. The number of thiol groups is 1. The second-order valence-electron chi connectivity index (χ2n) is 9.61. The summed E-state index contributed by atoms with van der Waals surface area (Å²) in [5.74, 6) is 0.509. The second kappa shape index (κ2) is 13.3. The van der Waals surface area contributed by atoms with Gasteiger partial charge in [0.15, 0.2) is 0 Å². The van der Waals surface area contributed by atoms with Crippen LogP contribution in [-0.2, 0) is 19.3 Å². The molecule has 1 atom stereocenters. The molecule has 1 saturated carbocycles. The van der Waals surface area contributed by atoms with E-state index in [0.717, 1.165) is 44.1 Å². The number of likely N-dealkylation sites (N-methyl/N-ethyl adjacent to an activating group) is 1. The Kier molecular flexibility index (Phi) is 10.4. The van der Waals surface area contributed by atoms with Gasteiger partial charge in [-0.15, -0.1) is 0 Å². The number of hydrogen-bond acceptors (Lipinski definition) is 7. The molecule has 202 valence electrons. The van der Waals surface area contributed by atoms with Crippen molar-refractivity contribution in [3.63, 3.8) is 0 Å². The zero-order chi connectivity index (χ0) is 27.0. The van der Waals surface area contributed by atoms with Crippen molar-refractivity contribution in [2.45, 2.75) is 50.9 Å². The minimum atomic E-state index is -4.52. The molecular formula is C26H36F3N7S. The van der Waals surface area contributed by atoms with Gasteiger partial charge in [-0.3, -0.25) is 20.5 Å². The highest BCUT2D eigenvalue weighted by molar-refractivity contribution is 7.78. The third-order valence-electron chi connectivity index (χ3n) is 6.81. The zero-order valence-corrected chi connectivity index (χ0v) is 22.2. The van der Waals surface area contributed by atoms with Gasteiger partial charge in [0, 0.05) is 37.9 Å². The summed E-state index contributed by atoms with van der Waals surface area (Å²) in [5, 5.41) is 19.2. The molecule has 0 saturated heterocycles. The van der Waals surface area contributed by atoms with Gasteiger partial charge in [-0.1, -0.05) is 31.4 Å². The highest BCUT2D eigenvalue weighted by Crippen LogP contribution is 2.41. The van der Waals surface area contributed by atoms with Gasteiger partial charge >= 0.3 is 6.18 Å².